The molecule has 0 amide bonds. The van der Waals surface area contributed by atoms with Crippen molar-refractivity contribution in [3.63, 3.8) is 0 Å². The average molecular weight is 319 g/mol. The van der Waals surface area contributed by atoms with E-state index in [4.69, 9.17) is 0 Å². The van der Waals surface area contributed by atoms with Gasteiger partial charge in [-0.2, -0.15) is 0 Å². The van der Waals surface area contributed by atoms with Crippen molar-refractivity contribution in [1.82, 2.24) is 15.0 Å². The van der Waals surface area contributed by atoms with E-state index < -0.39 is 5.41 Å². The third-order valence-electron chi connectivity index (χ3n) is 5.82. The Labute approximate surface area is 138 Å². The highest BCUT2D eigenvalue weighted by Crippen LogP contribution is 2.36. The highest BCUT2D eigenvalue weighted by Gasteiger charge is 2.36. The lowest BCUT2D eigenvalue weighted by Crippen LogP contribution is -2.34. The summed E-state index contributed by atoms with van der Waals surface area (Å²) in [7, 11) is 0. The van der Waals surface area contributed by atoms with Crippen LogP contribution < -0.4 is 0 Å². The van der Waals surface area contributed by atoms with Crippen LogP contribution >= 0.6 is 0 Å². The molecule has 0 aromatic carbocycles. The molecule has 0 spiro atoms. The van der Waals surface area contributed by atoms with E-state index in [-0.39, 0.29) is 17.0 Å². The highest BCUT2D eigenvalue weighted by molar-refractivity contribution is 5.86. The van der Waals surface area contributed by atoms with Crippen LogP contribution in [0.3, 0.4) is 0 Å². The molecule has 0 N–H and O–H groups in total. The van der Waals surface area contributed by atoms with E-state index in [1.165, 1.54) is 0 Å². The Morgan fingerprint density at radius 2 is 2.04 bits per heavy atom. The Bertz CT molecular complexity index is 581. The second-order valence-electron chi connectivity index (χ2n) is 7.54. The highest BCUT2D eigenvalue weighted by atomic mass is 16.1. The predicted molar refractivity (Wildman–Crippen MR) is 89.0 cm³/mol. The molecule has 128 valence electrons. The number of rotatable bonds is 2. The van der Waals surface area contributed by atoms with Gasteiger partial charge in [0.15, 0.2) is 0 Å². The summed E-state index contributed by atoms with van der Waals surface area (Å²) in [6, 6.07) is 0. The molecule has 0 radical (unpaired) electrons. The van der Waals surface area contributed by atoms with Gasteiger partial charge in [-0.25, -0.2) is 4.68 Å². The van der Waals surface area contributed by atoms with Gasteiger partial charge in [0, 0.05) is 30.2 Å². The fraction of sp³-hybridized carbons (Fsp3) is 0.778. The Hall–Kier alpha value is -1.52. The Kier molecular flexibility index (Phi) is 5.37. The van der Waals surface area contributed by atoms with Gasteiger partial charge in [0.2, 0.25) is 0 Å². The largest absolute Gasteiger partial charge is 0.299 e. The van der Waals surface area contributed by atoms with Gasteiger partial charge in [0.1, 0.15) is 11.6 Å². The molecule has 2 rings (SSSR count). The number of fused-ring (bicyclic) bond motifs is 1. The summed E-state index contributed by atoms with van der Waals surface area (Å²) in [5, 5.41) is 8.19. The van der Waals surface area contributed by atoms with Crippen LogP contribution in [0.25, 0.3) is 0 Å². The first-order valence-electron chi connectivity index (χ1n) is 8.72. The number of carbonyl (C=O) groups excluding carboxylic acids is 2. The minimum atomic E-state index is -0.406. The first-order valence-corrected chi connectivity index (χ1v) is 8.72. The van der Waals surface area contributed by atoms with Gasteiger partial charge in [-0.1, -0.05) is 32.4 Å². The topological polar surface area (TPSA) is 64.8 Å². The third kappa shape index (κ3) is 3.88. The summed E-state index contributed by atoms with van der Waals surface area (Å²) in [6.45, 7) is 8.56. The van der Waals surface area contributed by atoms with Crippen molar-refractivity contribution in [1.29, 1.82) is 0 Å². The molecule has 0 fully saturated rings. The number of ketones is 2. The number of aromatic nitrogens is 3. The van der Waals surface area contributed by atoms with Gasteiger partial charge >= 0.3 is 0 Å². The zero-order chi connectivity index (χ0) is 17.1. The second-order valence-corrected chi connectivity index (χ2v) is 7.54. The molecule has 5 nitrogen and oxygen atoms in total. The number of aryl methyl sites for hydroxylation is 1. The van der Waals surface area contributed by atoms with Gasteiger partial charge in [-0.15, -0.1) is 5.10 Å². The van der Waals surface area contributed by atoms with Crippen molar-refractivity contribution < 1.29 is 9.59 Å². The minimum absolute atomic E-state index is 0.196. The molecular formula is C18H29N3O2. The van der Waals surface area contributed by atoms with E-state index in [0.717, 1.165) is 37.9 Å². The molecule has 1 aliphatic heterocycles. The van der Waals surface area contributed by atoms with Crippen molar-refractivity contribution in [2.75, 3.05) is 0 Å². The van der Waals surface area contributed by atoms with Gasteiger partial charge in [-0.05, 0) is 32.6 Å². The van der Waals surface area contributed by atoms with Crippen LogP contribution in [0.15, 0.2) is 6.20 Å². The Morgan fingerprint density at radius 1 is 1.30 bits per heavy atom. The van der Waals surface area contributed by atoms with E-state index in [1.54, 1.807) is 13.1 Å². The first-order chi connectivity index (χ1) is 10.8. The van der Waals surface area contributed by atoms with Gasteiger partial charge in [0.25, 0.3) is 0 Å². The smallest absolute Gasteiger partial charge is 0.139 e. The minimum Gasteiger partial charge on any atom is -0.299 e. The number of Topliss-reactive ketones (excluding diaryl/α,β-unsaturated/α-hetero) is 2. The van der Waals surface area contributed by atoms with Crippen molar-refractivity contribution in [2.24, 2.45) is 10.8 Å². The molecule has 5 heteroatoms. The lowest BCUT2D eigenvalue weighted by atomic mass is 9.72. The molecule has 1 aliphatic rings. The second kappa shape index (κ2) is 6.93. The van der Waals surface area contributed by atoms with Crippen molar-refractivity contribution in [3.05, 3.63) is 11.9 Å². The Morgan fingerprint density at radius 3 is 2.70 bits per heavy atom. The van der Waals surface area contributed by atoms with Crippen LogP contribution in [-0.4, -0.2) is 26.6 Å². The van der Waals surface area contributed by atoms with Gasteiger partial charge in [0.05, 0.1) is 11.9 Å². The van der Waals surface area contributed by atoms with Gasteiger partial charge in [-0.3, -0.25) is 9.59 Å². The molecule has 0 saturated carbocycles. The number of nitrogens with zero attached hydrogens (tertiary/aromatic N) is 3. The molecule has 0 saturated heterocycles. The predicted octanol–water partition coefficient (Wildman–Crippen LogP) is 3.37. The SMILES string of the molecule is CC[C@@]1(C)Cc2cnnn2CCCC[C@@](C)(C(C)=O)CCC1=O. The lowest BCUT2D eigenvalue weighted by Gasteiger charge is -2.31. The van der Waals surface area contributed by atoms with Crippen LogP contribution in [0.5, 0.6) is 0 Å². The normalized spacial score (nSPS) is 30.2. The summed E-state index contributed by atoms with van der Waals surface area (Å²) < 4.78 is 1.92. The molecule has 0 bridgehead atoms. The maximum Gasteiger partial charge on any atom is 0.139 e. The summed E-state index contributed by atoms with van der Waals surface area (Å²) in [5.74, 6) is 0.447. The van der Waals surface area contributed by atoms with Gasteiger partial charge < -0.3 is 0 Å². The van der Waals surface area contributed by atoms with Crippen LogP contribution in [0, 0.1) is 10.8 Å². The number of hydrogen-bond acceptors (Lipinski definition) is 4. The molecule has 1 aromatic heterocycles. The maximum absolute atomic E-state index is 12.9. The van der Waals surface area contributed by atoms with E-state index >= 15 is 0 Å². The molecular weight excluding hydrogens is 290 g/mol. The van der Waals surface area contributed by atoms with Crippen molar-refractivity contribution >= 4 is 11.6 Å². The number of carbonyl (C=O) groups is 2. The van der Waals surface area contributed by atoms with E-state index in [9.17, 15) is 9.59 Å². The quantitative estimate of drug-likeness (QED) is 0.838. The molecule has 1 aromatic rings. The van der Waals surface area contributed by atoms with E-state index in [1.807, 2.05) is 18.5 Å². The summed E-state index contributed by atoms with van der Waals surface area (Å²) >= 11 is 0. The van der Waals surface area contributed by atoms with Crippen LogP contribution in [0.4, 0.5) is 0 Å². The number of hydrogen-bond donors (Lipinski definition) is 0. The summed E-state index contributed by atoms with van der Waals surface area (Å²) in [6.07, 6.45) is 7.16. The Balaban J connectivity index is 2.30. The molecule has 23 heavy (non-hydrogen) atoms. The zero-order valence-electron chi connectivity index (χ0n) is 14.9. The standard InChI is InChI=1S/C18H29N3O2/c1-5-17(3)12-15-13-19-20-21(15)11-7-6-9-18(4,14(2)22)10-8-16(17)23/h13H,5-12H2,1-4H3/t17-,18+/m0/s1. The first kappa shape index (κ1) is 17.8. The van der Waals surface area contributed by atoms with Crippen molar-refractivity contribution in [2.45, 2.75) is 79.2 Å². The van der Waals surface area contributed by atoms with E-state index in [2.05, 4.69) is 17.2 Å². The van der Waals surface area contributed by atoms with E-state index in [0.29, 0.717) is 19.3 Å². The van der Waals surface area contributed by atoms with Crippen LogP contribution in [0.2, 0.25) is 0 Å². The zero-order valence-corrected chi connectivity index (χ0v) is 14.9. The molecule has 2 atom stereocenters. The lowest BCUT2D eigenvalue weighted by molar-refractivity contribution is -0.131. The summed E-state index contributed by atoms with van der Waals surface area (Å²) in [5.41, 5.74) is 0.253. The fourth-order valence-corrected chi connectivity index (χ4v) is 3.37. The average Bonchev–Trinajstić information content (AvgIpc) is 2.94. The fourth-order valence-electron chi connectivity index (χ4n) is 3.37. The monoisotopic (exact) mass is 319 g/mol. The van der Waals surface area contributed by atoms with Crippen LogP contribution in [-0.2, 0) is 22.6 Å². The third-order valence-corrected chi connectivity index (χ3v) is 5.82. The molecule has 2 heterocycles. The molecule has 0 aliphatic carbocycles. The maximum atomic E-state index is 12.9. The van der Waals surface area contributed by atoms with Crippen molar-refractivity contribution in [3.8, 4) is 0 Å². The van der Waals surface area contributed by atoms with Crippen LogP contribution in [0.1, 0.15) is 71.9 Å². The molecule has 0 unspecified atom stereocenters. The summed E-state index contributed by atoms with van der Waals surface area (Å²) in [4.78, 5) is 25.0.